The first-order chi connectivity index (χ1) is 9.49. The van der Waals surface area contributed by atoms with Gasteiger partial charge in [0.15, 0.2) is 0 Å². The maximum Gasteiger partial charge on any atom is 0.336 e. The fourth-order valence-electron chi connectivity index (χ4n) is 3.06. The van der Waals surface area contributed by atoms with Crippen molar-refractivity contribution in [1.29, 1.82) is 0 Å². The summed E-state index contributed by atoms with van der Waals surface area (Å²) in [5.74, 6) is -0.0732. The first-order valence-corrected chi connectivity index (χ1v) is 7.22. The zero-order valence-electron chi connectivity index (χ0n) is 11.5. The van der Waals surface area contributed by atoms with Gasteiger partial charge >= 0.3 is 5.97 Å². The van der Waals surface area contributed by atoms with Crippen LogP contribution in [0.2, 0.25) is 5.02 Å². The molecule has 1 aromatic carbocycles. The fourth-order valence-corrected chi connectivity index (χ4v) is 3.23. The molecule has 0 spiro atoms. The van der Waals surface area contributed by atoms with Gasteiger partial charge < -0.3 is 5.11 Å². The molecule has 1 aromatic heterocycles. The molecular weight excluding hydrogens is 274 g/mol. The van der Waals surface area contributed by atoms with E-state index in [1.165, 1.54) is 0 Å². The lowest BCUT2D eigenvalue weighted by Crippen LogP contribution is -2.21. The minimum absolute atomic E-state index is 0.289. The summed E-state index contributed by atoms with van der Waals surface area (Å²) in [5, 5.41) is 10.8. The van der Waals surface area contributed by atoms with Crippen LogP contribution in [0, 0.1) is 5.92 Å². The highest BCUT2D eigenvalue weighted by Crippen LogP contribution is 2.38. The molecule has 0 saturated carbocycles. The van der Waals surface area contributed by atoms with Gasteiger partial charge in [0, 0.05) is 22.0 Å². The van der Waals surface area contributed by atoms with Crippen LogP contribution in [-0.2, 0) is 6.42 Å². The number of hydrogen-bond acceptors (Lipinski definition) is 2. The van der Waals surface area contributed by atoms with E-state index in [1.54, 1.807) is 18.2 Å². The quantitative estimate of drug-likeness (QED) is 0.853. The molecule has 1 N–H and O–H groups in total. The van der Waals surface area contributed by atoms with E-state index in [-0.39, 0.29) is 5.92 Å². The number of fused-ring (bicyclic) bond motifs is 2. The van der Waals surface area contributed by atoms with Gasteiger partial charge in [0.2, 0.25) is 0 Å². The summed E-state index contributed by atoms with van der Waals surface area (Å²) in [4.78, 5) is 16.4. The van der Waals surface area contributed by atoms with Crippen LogP contribution in [-0.4, -0.2) is 16.1 Å². The molecule has 0 radical (unpaired) electrons. The Bertz CT molecular complexity index is 711. The molecule has 0 fully saturated rings. The van der Waals surface area contributed by atoms with Crippen molar-refractivity contribution in [1.82, 2.24) is 4.98 Å². The molecule has 0 aliphatic heterocycles. The largest absolute Gasteiger partial charge is 0.478 e. The zero-order chi connectivity index (χ0) is 14.4. The van der Waals surface area contributed by atoms with Gasteiger partial charge in [-0.15, -0.1) is 0 Å². The van der Waals surface area contributed by atoms with Crippen LogP contribution in [0.25, 0.3) is 10.9 Å². The summed E-state index contributed by atoms with van der Waals surface area (Å²) in [6.07, 6.45) is 1.78. The third-order valence-corrected chi connectivity index (χ3v) is 4.66. The highest BCUT2D eigenvalue weighted by atomic mass is 35.5. The van der Waals surface area contributed by atoms with Crippen molar-refractivity contribution in [2.24, 2.45) is 5.92 Å². The van der Waals surface area contributed by atoms with Crippen LogP contribution in [0.15, 0.2) is 18.2 Å². The average Bonchev–Trinajstić information content (AvgIpc) is 2.40. The molecule has 3 nitrogen and oxygen atoms in total. The lowest BCUT2D eigenvalue weighted by molar-refractivity contribution is 0.0697. The van der Waals surface area contributed by atoms with Crippen LogP contribution in [0.3, 0.4) is 0 Å². The third kappa shape index (κ3) is 1.97. The maximum absolute atomic E-state index is 11.7. The van der Waals surface area contributed by atoms with Crippen LogP contribution in [0.5, 0.6) is 0 Å². The molecule has 20 heavy (non-hydrogen) atoms. The molecule has 104 valence electrons. The highest BCUT2D eigenvalue weighted by molar-refractivity contribution is 6.31. The SMILES string of the molecule is CC1CCc2c(nc3ccc(Cl)cc3c2C(=O)O)C1C. The number of carboxylic acid groups (broad SMARTS) is 1. The second kappa shape index (κ2) is 4.74. The predicted octanol–water partition coefficient (Wildman–Crippen LogP) is 4.27. The maximum atomic E-state index is 11.7. The molecule has 4 heteroatoms. The molecule has 1 heterocycles. The molecule has 1 aliphatic carbocycles. The Balaban J connectivity index is 2.39. The lowest BCUT2D eigenvalue weighted by Gasteiger charge is -2.29. The Kier molecular flexibility index (Phi) is 3.17. The van der Waals surface area contributed by atoms with Crippen molar-refractivity contribution >= 4 is 28.5 Å². The van der Waals surface area contributed by atoms with E-state index in [9.17, 15) is 9.90 Å². The summed E-state index contributed by atoms with van der Waals surface area (Å²) in [7, 11) is 0. The summed E-state index contributed by atoms with van der Waals surface area (Å²) in [6, 6.07) is 5.26. The van der Waals surface area contributed by atoms with Crippen LogP contribution in [0.1, 0.15) is 47.8 Å². The number of aromatic carboxylic acids is 1. The minimum Gasteiger partial charge on any atom is -0.478 e. The Hall–Kier alpha value is -1.61. The number of nitrogens with zero attached hydrogens (tertiary/aromatic N) is 1. The fraction of sp³-hybridized carbons (Fsp3) is 0.375. The number of halogens is 1. The summed E-state index contributed by atoms with van der Waals surface area (Å²) in [6.45, 7) is 4.32. The molecule has 2 unspecified atom stereocenters. The molecule has 2 atom stereocenters. The number of hydrogen-bond donors (Lipinski definition) is 1. The number of benzene rings is 1. The van der Waals surface area contributed by atoms with E-state index in [4.69, 9.17) is 16.6 Å². The van der Waals surface area contributed by atoms with Crippen molar-refractivity contribution < 1.29 is 9.90 Å². The molecule has 0 bridgehead atoms. The first-order valence-electron chi connectivity index (χ1n) is 6.84. The van der Waals surface area contributed by atoms with Gasteiger partial charge in [0.1, 0.15) is 0 Å². The molecule has 0 amide bonds. The van der Waals surface area contributed by atoms with Crippen LogP contribution >= 0.6 is 11.6 Å². The predicted molar refractivity (Wildman–Crippen MR) is 79.6 cm³/mol. The monoisotopic (exact) mass is 289 g/mol. The van der Waals surface area contributed by atoms with E-state index in [2.05, 4.69) is 13.8 Å². The highest BCUT2D eigenvalue weighted by Gasteiger charge is 2.29. The number of aromatic nitrogens is 1. The average molecular weight is 290 g/mol. The topological polar surface area (TPSA) is 50.2 Å². The van der Waals surface area contributed by atoms with E-state index >= 15 is 0 Å². The van der Waals surface area contributed by atoms with E-state index in [0.29, 0.717) is 27.4 Å². The minimum atomic E-state index is -0.891. The Labute approximate surface area is 122 Å². The normalized spacial score (nSPS) is 21.8. The number of carboxylic acids is 1. The van der Waals surface area contributed by atoms with E-state index < -0.39 is 5.97 Å². The van der Waals surface area contributed by atoms with E-state index in [1.807, 2.05) is 0 Å². The smallest absolute Gasteiger partial charge is 0.336 e. The zero-order valence-corrected chi connectivity index (χ0v) is 12.2. The van der Waals surface area contributed by atoms with Crippen LogP contribution in [0.4, 0.5) is 0 Å². The van der Waals surface area contributed by atoms with Gasteiger partial charge in [-0.25, -0.2) is 4.79 Å². The second-order valence-electron chi connectivity index (χ2n) is 5.62. The Morgan fingerprint density at radius 1 is 1.40 bits per heavy atom. The van der Waals surface area contributed by atoms with Crippen molar-refractivity contribution in [2.75, 3.05) is 0 Å². The van der Waals surface area contributed by atoms with Gasteiger partial charge in [-0.05, 0) is 42.5 Å². The molecule has 3 rings (SSSR count). The van der Waals surface area contributed by atoms with Gasteiger partial charge in [0.25, 0.3) is 0 Å². The number of rotatable bonds is 1. The summed E-state index contributed by atoms with van der Waals surface area (Å²) < 4.78 is 0. The van der Waals surface area contributed by atoms with Gasteiger partial charge in [-0.3, -0.25) is 4.98 Å². The van der Waals surface area contributed by atoms with Gasteiger partial charge in [0.05, 0.1) is 11.1 Å². The van der Waals surface area contributed by atoms with E-state index in [0.717, 1.165) is 24.1 Å². The molecule has 1 aliphatic rings. The third-order valence-electron chi connectivity index (χ3n) is 4.43. The Morgan fingerprint density at radius 2 is 2.15 bits per heavy atom. The number of carbonyl (C=O) groups is 1. The number of pyridine rings is 1. The summed E-state index contributed by atoms with van der Waals surface area (Å²) in [5.41, 5.74) is 2.92. The summed E-state index contributed by atoms with van der Waals surface area (Å²) >= 11 is 6.01. The van der Waals surface area contributed by atoms with Gasteiger partial charge in [-0.2, -0.15) is 0 Å². The van der Waals surface area contributed by atoms with Gasteiger partial charge in [-0.1, -0.05) is 25.4 Å². The Morgan fingerprint density at radius 3 is 2.85 bits per heavy atom. The van der Waals surface area contributed by atoms with Crippen molar-refractivity contribution in [2.45, 2.75) is 32.6 Å². The lowest BCUT2D eigenvalue weighted by atomic mass is 9.78. The van der Waals surface area contributed by atoms with Crippen molar-refractivity contribution in [3.05, 3.63) is 40.0 Å². The van der Waals surface area contributed by atoms with Crippen molar-refractivity contribution in [3.8, 4) is 0 Å². The van der Waals surface area contributed by atoms with Crippen molar-refractivity contribution in [3.63, 3.8) is 0 Å². The first kappa shape index (κ1) is 13.4. The molecular formula is C16H16ClNO2. The second-order valence-corrected chi connectivity index (χ2v) is 6.06. The molecule has 2 aromatic rings. The van der Waals surface area contributed by atoms with Crippen LogP contribution < -0.4 is 0 Å². The molecule has 0 saturated heterocycles. The standard InChI is InChI=1S/C16H16ClNO2/c1-8-3-5-11-14(16(19)20)12-7-10(17)4-6-13(12)18-15(11)9(8)2/h4,6-9H,3,5H2,1-2H3,(H,19,20).